The number of aryl methyl sites for hydroxylation is 5. The lowest BCUT2D eigenvalue weighted by molar-refractivity contribution is -0.0381. The van der Waals surface area contributed by atoms with Gasteiger partial charge in [0.1, 0.15) is 0 Å². The Morgan fingerprint density at radius 2 is 0.598 bits per heavy atom. The van der Waals surface area contributed by atoms with Crippen LogP contribution in [0.2, 0.25) is 0 Å². The Morgan fingerprint density at radius 1 is 0.318 bits per heavy atom. The Labute approximate surface area is 648 Å². The molecule has 10 aromatic rings. The number of halogens is 2. The summed E-state index contributed by atoms with van der Waals surface area (Å²) in [6.07, 6.45) is 19.4. The molecule has 0 aliphatic heterocycles. The number of anilines is 1. The number of fused-ring (bicyclic) bond motifs is 7. The minimum atomic E-state index is -2.47. The molecule has 0 saturated heterocycles. The zero-order valence-corrected chi connectivity index (χ0v) is 71.1. The number of alkyl halides is 2. The van der Waals surface area contributed by atoms with Gasteiger partial charge < -0.3 is 4.90 Å². The molecule has 15 rings (SSSR count). The highest BCUT2D eigenvalue weighted by Gasteiger charge is 2.42. The van der Waals surface area contributed by atoms with E-state index >= 15 is 0 Å². The summed E-state index contributed by atoms with van der Waals surface area (Å²) < 4.78 is 27.1. The third-order valence-electron chi connectivity index (χ3n) is 26.3. The van der Waals surface area contributed by atoms with Gasteiger partial charge in [0, 0.05) is 38.0 Å². The molecule has 3 heteroatoms. The molecule has 5 aliphatic rings. The third kappa shape index (κ3) is 18.1. The number of hydrogen-bond donors (Lipinski definition) is 0. The molecule has 107 heavy (non-hydrogen) atoms. The second-order valence-electron chi connectivity index (χ2n) is 40.2. The first kappa shape index (κ1) is 81.2. The minimum Gasteiger partial charge on any atom is -0.377 e. The van der Waals surface area contributed by atoms with E-state index in [0.29, 0.717) is 18.3 Å². The van der Waals surface area contributed by atoms with Crippen molar-refractivity contribution in [1.82, 2.24) is 0 Å². The van der Waals surface area contributed by atoms with Crippen molar-refractivity contribution < 1.29 is 8.78 Å². The molecule has 10 aromatic carbocycles. The maximum Gasteiger partial charge on any atom is 0.248 e. The average Bonchev–Trinajstić information content (AvgIpc) is 1.06. The normalized spacial score (nSPS) is 19.4. The van der Waals surface area contributed by atoms with Crippen molar-refractivity contribution in [1.29, 1.82) is 0 Å². The standard InChI is InChI=1S/C23H32.C22H28.C21H26F2.C21H28.C17H23N/c1-16-18-9-7-8-10-19(18)20(15-21(16)22(2,3)4)17-11-13-23(5,6)14-12-17;1-14-17-7-5-6-8-18(17)20(13-21(14)22(2,3)4)19-12-15-9-10-16(19)11-15;1-14-16-7-5-6-8-17(16)18(13-19(14)20(2,3)4)15-9-11-21(22,23)12-10-15;1-15-17-12-8-9-13-18(17)19(14-20(15)21(2,3)4)16-10-6-5-7-11-16;1-12-13-9-7-8-10-14(13)16(18(5)6)11-15(12)17(2,3)4/h7-10,15,17H,11-14H2,1-6H3;5-8,13,15-16,19H,9-12H2,1-4H3;5-8,13,15H,9-12H2,1-4H3;8-9,12-14,16H,5-7,10-11H2,1-4H3;7-11H,1-6H3. The quantitative estimate of drug-likeness (QED) is 0.166. The van der Waals surface area contributed by atoms with E-state index < -0.39 is 5.92 Å². The molecule has 3 atom stereocenters. The first-order valence-electron chi connectivity index (χ1n) is 41.8. The highest BCUT2D eigenvalue weighted by molar-refractivity contribution is 5.98. The Bertz CT molecular complexity index is 4630. The lowest BCUT2D eigenvalue weighted by atomic mass is 9.69. The second-order valence-corrected chi connectivity index (χ2v) is 40.2. The lowest BCUT2D eigenvalue weighted by Gasteiger charge is -2.36. The Morgan fingerprint density at radius 3 is 0.907 bits per heavy atom. The number of benzene rings is 10. The SMILES string of the molecule is Cc1c(C(C)(C)C)cc(C2CC3CCC2C3)c2ccccc12.Cc1c(C(C)(C)C)cc(C2CCC(C)(C)CC2)c2ccccc12.Cc1c(C(C)(C)C)cc(C2CCC(F)(F)CC2)c2ccccc12.Cc1c(C(C)(C)C)cc(C2CCCCC2)c2ccccc12.Cc1c(C(C)(C)C)cc(N(C)C)c2ccccc12. The predicted octanol–water partition coefficient (Wildman–Crippen LogP) is 31.2. The molecule has 3 unspecified atom stereocenters. The van der Waals surface area contributed by atoms with Crippen molar-refractivity contribution in [2.75, 3.05) is 19.0 Å². The molecule has 0 N–H and O–H groups in total. The fourth-order valence-electron chi connectivity index (χ4n) is 20.4. The van der Waals surface area contributed by atoms with Crippen LogP contribution in [0, 0.1) is 51.9 Å². The fraction of sp³-hybridized carbons (Fsp3) is 0.519. The molecule has 5 fully saturated rings. The highest BCUT2D eigenvalue weighted by atomic mass is 19.3. The van der Waals surface area contributed by atoms with Gasteiger partial charge >= 0.3 is 0 Å². The first-order valence-corrected chi connectivity index (χ1v) is 41.8. The molecule has 0 radical (unpaired) electrons. The van der Waals surface area contributed by atoms with E-state index in [0.717, 1.165) is 29.6 Å². The van der Waals surface area contributed by atoms with Gasteiger partial charge in [0.05, 0.1) is 0 Å². The number of rotatable bonds is 5. The van der Waals surface area contributed by atoms with Gasteiger partial charge in [0.15, 0.2) is 0 Å². The van der Waals surface area contributed by atoms with E-state index in [-0.39, 0.29) is 45.8 Å². The van der Waals surface area contributed by atoms with E-state index in [9.17, 15) is 8.78 Å². The van der Waals surface area contributed by atoms with Gasteiger partial charge in [-0.25, -0.2) is 8.78 Å². The summed E-state index contributed by atoms with van der Waals surface area (Å²) in [7, 11) is 4.23. The highest BCUT2D eigenvalue weighted by Crippen LogP contribution is 2.55. The largest absolute Gasteiger partial charge is 0.377 e. The van der Waals surface area contributed by atoms with Crippen molar-refractivity contribution in [3.05, 3.63) is 230 Å². The van der Waals surface area contributed by atoms with Crippen LogP contribution in [0.15, 0.2) is 152 Å². The first-order chi connectivity index (χ1) is 50.1. The van der Waals surface area contributed by atoms with Gasteiger partial charge in [-0.05, 0) is 306 Å². The van der Waals surface area contributed by atoms with Crippen molar-refractivity contribution in [3.8, 4) is 0 Å². The lowest BCUT2D eigenvalue weighted by Crippen LogP contribution is -2.24. The zero-order valence-electron chi connectivity index (χ0n) is 71.1. The second kappa shape index (κ2) is 31.9. The van der Waals surface area contributed by atoms with Crippen LogP contribution in [0.5, 0.6) is 0 Å². The number of hydrogen-bond acceptors (Lipinski definition) is 1. The topological polar surface area (TPSA) is 3.24 Å². The molecule has 0 amide bonds. The smallest absolute Gasteiger partial charge is 0.248 e. The summed E-state index contributed by atoms with van der Waals surface area (Å²) in [6, 6.07) is 56.6. The van der Waals surface area contributed by atoms with Gasteiger partial charge in [-0.15, -0.1) is 0 Å². The molecule has 0 spiro atoms. The molecule has 572 valence electrons. The van der Waals surface area contributed by atoms with Gasteiger partial charge in [0.25, 0.3) is 0 Å². The summed E-state index contributed by atoms with van der Waals surface area (Å²) in [4.78, 5) is 2.21. The van der Waals surface area contributed by atoms with E-state index in [1.54, 1.807) is 22.3 Å². The van der Waals surface area contributed by atoms with Gasteiger partial charge in [-0.2, -0.15) is 0 Å². The van der Waals surface area contributed by atoms with E-state index in [4.69, 9.17) is 0 Å². The van der Waals surface area contributed by atoms with Crippen LogP contribution in [-0.2, 0) is 27.1 Å². The summed E-state index contributed by atoms with van der Waals surface area (Å²) in [5.41, 5.74) is 23.4. The summed E-state index contributed by atoms with van der Waals surface area (Å²) in [6.45, 7) is 50.8. The fourth-order valence-corrected chi connectivity index (χ4v) is 20.4. The minimum absolute atomic E-state index is 0.0186. The Kier molecular flexibility index (Phi) is 24.2. The zero-order chi connectivity index (χ0) is 77.7. The summed E-state index contributed by atoms with van der Waals surface area (Å²) >= 11 is 0. The van der Waals surface area contributed by atoms with Gasteiger partial charge in [-0.1, -0.05) is 289 Å². The molecule has 5 aliphatic carbocycles. The maximum atomic E-state index is 13.5. The van der Waals surface area contributed by atoms with Crippen LogP contribution in [0.3, 0.4) is 0 Å². The third-order valence-corrected chi connectivity index (χ3v) is 26.3. The molecular weight excluding hydrogens is 1300 g/mol. The molecule has 0 heterocycles. The summed E-state index contributed by atoms with van der Waals surface area (Å²) in [5, 5.41) is 14.1. The van der Waals surface area contributed by atoms with Crippen LogP contribution < -0.4 is 4.90 Å². The van der Waals surface area contributed by atoms with Gasteiger partial charge in [-0.3, -0.25) is 0 Å². The van der Waals surface area contributed by atoms with Crippen LogP contribution in [0.1, 0.15) is 328 Å². The van der Waals surface area contributed by atoms with Crippen molar-refractivity contribution in [2.24, 2.45) is 17.3 Å². The van der Waals surface area contributed by atoms with Crippen LogP contribution >= 0.6 is 0 Å². The average molecular weight is 1440 g/mol. The van der Waals surface area contributed by atoms with Crippen LogP contribution in [0.25, 0.3) is 53.9 Å². The van der Waals surface area contributed by atoms with Gasteiger partial charge in [0.2, 0.25) is 5.92 Å². The maximum absolute atomic E-state index is 13.5. The molecule has 0 aromatic heterocycles. The van der Waals surface area contributed by atoms with Crippen molar-refractivity contribution >= 4 is 59.5 Å². The number of nitrogens with zero attached hydrogens (tertiary/aromatic N) is 1. The molecule has 2 bridgehead atoms. The van der Waals surface area contributed by atoms with E-state index in [1.807, 2.05) is 0 Å². The Hall–Kier alpha value is -6.84. The Balaban J connectivity index is 0.000000134. The monoisotopic (exact) mass is 1440 g/mol. The predicted molar refractivity (Wildman–Crippen MR) is 466 cm³/mol. The summed E-state index contributed by atoms with van der Waals surface area (Å²) in [5.74, 6) is 2.05. The molecule has 5 saturated carbocycles. The van der Waals surface area contributed by atoms with E-state index in [1.165, 1.54) is 199 Å². The van der Waals surface area contributed by atoms with Crippen LogP contribution in [-0.4, -0.2) is 20.0 Å². The van der Waals surface area contributed by atoms with Crippen molar-refractivity contribution in [3.63, 3.8) is 0 Å². The van der Waals surface area contributed by atoms with Crippen LogP contribution in [0.4, 0.5) is 14.5 Å². The van der Waals surface area contributed by atoms with E-state index in [2.05, 4.69) is 323 Å². The van der Waals surface area contributed by atoms with Crippen molar-refractivity contribution in [2.45, 2.75) is 318 Å². The molecule has 1 nitrogen and oxygen atoms in total. The molecular formula is C104H137F2N.